The zero-order valence-corrected chi connectivity index (χ0v) is 12.7. The van der Waals surface area contributed by atoms with Gasteiger partial charge in [0.15, 0.2) is 0 Å². The summed E-state index contributed by atoms with van der Waals surface area (Å²) in [5.74, 6) is -0.984. The molecular formula is C14H17ClFN5O. The highest BCUT2D eigenvalue weighted by atomic mass is 35.5. The molecule has 0 aromatic heterocycles. The molecule has 22 heavy (non-hydrogen) atoms. The maximum absolute atomic E-state index is 14.2. The molecule has 8 heteroatoms. The fourth-order valence-corrected chi connectivity index (χ4v) is 2.89. The van der Waals surface area contributed by atoms with Crippen LogP contribution >= 0.6 is 11.6 Å². The molecule has 4 N–H and O–H groups in total. The predicted molar refractivity (Wildman–Crippen MR) is 83.0 cm³/mol. The minimum atomic E-state index is -0.605. The molecule has 0 saturated carbocycles. The van der Waals surface area contributed by atoms with E-state index in [1.54, 1.807) is 0 Å². The Bertz CT molecular complexity index is 623. The average Bonchev–Trinajstić information content (AvgIpc) is 2.45. The number of benzene rings is 1. The summed E-state index contributed by atoms with van der Waals surface area (Å²) >= 11 is 5.80. The van der Waals surface area contributed by atoms with Crippen LogP contribution in [0.4, 0.5) is 15.8 Å². The molecule has 0 bridgehead atoms. The topological polar surface area (TPSA) is 99.4 Å². The molecule has 0 spiro atoms. The molecule has 2 rings (SSSR count). The molecule has 118 valence electrons. The molecule has 1 aliphatic heterocycles. The van der Waals surface area contributed by atoms with E-state index in [9.17, 15) is 9.18 Å². The maximum Gasteiger partial charge on any atom is 0.231 e. The Morgan fingerprint density at radius 1 is 1.41 bits per heavy atom. The third kappa shape index (κ3) is 3.40. The molecule has 0 radical (unpaired) electrons. The first kappa shape index (κ1) is 16.3. The molecule has 0 atom stereocenters. The number of primary amides is 1. The predicted octanol–water partition coefficient (Wildman–Crippen LogP) is 0.735. The fraction of sp³-hybridized carbons (Fsp3) is 0.429. The Kier molecular flexibility index (Phi) is 5.06. The van der Waals surface area contributed by atoms with E-state index in [1.165, 1.54) is 6.07 Å². The number of hydrogen-bond donors (Lipinski definition) is 2. The number of halogens is 2. The molecule has 1 aromatic rings. The van der Waals surface area contributed by atoms with Crippen molar-refractivity contribution in [2.75, 3.05) is 43.4 Å². The van der Waals surface area contributed by atoms with Crippen molar-refractivity contribution in [3.63, 3.8) is 0 Å². The first-order valence-electron chi connectivity index (χ1n) is 6.83. The Morgan fingerprint density at radius 2 is 2.05 bits per heavy atom. The van der Waals surface area contributed by atoms with Crippen LogP contribution in [0.2, 0.25) is 5.02 Å². The second-order valence-electron chi connectivity index (χ2n) is 5.15. The molecule has 1 fully saturated rings. The Hall–Kier alpha value is -2.04. The van der Waals surface area contributed by atoms with Gasteiger partial charge in [-0.3, -0.25) is 9.69 Å². The third-order valence-electron chi connectivity index (χ3n) is 3.64. The largest absolute Gasteiger partial charge is 0.397 e. The second-order valence-corrected chi connectivity index (χ2v) is 5.56. The molecule has 6 nitrogen and oxygen atoms in total. The molecular weight excluding hydrogens is 309 g/mol. The number of nitriles is 1. The number of carbonyl (C=O) groups excluding carboxylic acids is 1. The van der Waals surface area contributed by atoms with Gasteiger partial charge in [-0.25, -0.2) is 4.39 Å². The lowest BCUT2D eigenvalue weighted by Crippen LogP contribution is -2.49. The number of piperazine rings is 1. The van der Waals surface area contributed by atoms with E-state index in [0.717, 1.165) is 0 Å². The van der Waals surface area contributed by atoms with Gasteiger partial charge in [0.05, 0.1) is 35.4 Å². The van der Waals surface area contributed by atoms with Gasteiger partial charge in [-0.1, -0.05) is 11.6 Å². The van der Waals surface area contributed by atoms with Crippen LogP contribution in [0.1, 0.15) is 5.56 Å². The van der Waals surface area contributed by atoms with Crippen molar-refractivity contribution >= 4 is 28.9 Å². The van der Waals surface area contributed by atoms with Crippen LogP contribution in [0.25, 0.3) is 0 Å². The van der Waals surface area contributed by atoms with Crippen LogP contribution in [-0.4, -0.2) is 43.5 Å². The first-order chi connectivity index (χ1) is 10.4. The third-order valence-corrected chi connectivity index (χ3v) is 3.91. The molecule has 1 saturated heterocycles. The molecule has 1 aromatic carbocycles. The van der Waals surface area contributed by atoms with Crippen molar-refractivity contribution < 1.29 is 9.18 Å². The average molecular weight is 326 g/mol. The number of nitrogens with two attached hydrogens (primary N) is 2. The summed E-state index contributed by atoms with van der Waals surface area (Å²) in [4.78, 5) is 14.8. The van der Waals surface area contributed by atoms with Crippen molar-refractivity contribution in [2.24, 2.45) is 5.73 Å². The van der Waals surface area contributed by atoms with Gasteiger partial charge in [0.25, 0.3) is 0 Å². The van der Waals surface area contributed by atoms with Crippen LogP contribution in [0, 0.1) is 17.1 Å². The van der Waals surface area contributed by atoms with Gasteiger partial charge < -0.3 is 16.4 Å². The first-order valence-corrected chi connectivity index (χ1v) is 7.20. The number of anilines is 2. The fourth-order valence-electron chi connectivity index (χ4n) is 2.65. The molecule has 0 aliphatic carbocycles. The SMILES string of the molecule is N#CCc1c(F)c(Cl)cc(N)c1N1CCN(CC(N)=O)CC1. The van der Waals surface area contributed by atoms with Gasteiger partial charge in [0.2, 0.25) is 5.91 Å². The van der Waals surface area contributed by atoms with E-state index in [2.05, 4.69) is 0 Å². The lowest BCUT2D eigenvalue weighted by atomic mass is 10.1. The van der Waals surface area contributed by atoms with Crippen molar-refractivity contribution in [3.05, 3.63) is 22.5 Å². The summed E-state index contributed by atoms with van der Waals surface area (Å²) in [5.41, 5.74) is 12.2. The Labute approximate surface area is 133 Å². The van der Waals surface area contributed by atoms with Crippen LogP contribution < -0.4 is 16.4 Å². The number of nitrogens with zero attached hydrogens (tertiary/aromatic N) is 3. The number of carbonyl (C=O) groups is 1. The number of nitrogen functional groups attached to an aromatic ring is 1. The maximum atomic E-state index is 14.2. The summed E-state index contributed by atoms with van der Waals surface area (Å²) in [6, 6.07) is 3.31. The molecule has 1 aliphatic rings. The molecule has 0 unspecified atom stereocenters. The summed E-state index contributed by atoms with van der Waals surface area (Å²) in [6.07, 6.45) is -0.104. The van der Waals surface area contributed by atoms with Crippen molar-refractivity contribution in [1.29, 1.82) is 5.26 Å². The Morgan fingerprint density at radius 3 is 2.59 bits per heavy atom. The van der Waals surface area contributed by atoms with E-state index in [4.69, 9.17) is 28.3 Å². The minimum Gasteiger partial charge on any atom is -0.397 e. The minimum absolute atomic E-state index is 0.0844. The van der Waals surface area contributed by atoms with E-state index in [1.807, 2.05) is 15.9 Å². The number of rotatable bonds is 4. The van der Waals surface area contributed by atoms with Crippen molar-refractivity contribution in [2.45, 2.75) is 6.42 Å². The zero-order chi connectivity index (χ0) is 16.3. The summed E-state index contributed by atoms with van der Waals surface area (Å²) < 4.78 is 14.2. The van der Waals surface area contributed by atoms with E-state index < -0.39 is 5.82 Å². The standard InChI is InChI=1S/C14H17ClFN5O/c15-10-7-11(18)14(9(1-2-17)13(10)16)21-5-3-20(4-6-21)8-12(19)22/h7H,1,3-6,8,18H2,(H2,19,22). The quantitative estimate of drug-likeness (QED) is 0.795. The number of amides is 1. The van der Waals surface area contributed by atoms with E-state index in [-0.39, 0.29) is 29.5 Å². The monoisotopic (exact) mass is 325 g/mol. The highest BCUT2D eigenvalue weighted by Gasteiger charge is 2.24. The van der Waals surface area contributed by atoms with Gasteiger partial charge in [-0.15, -0.1) is 0 Å². The van der Waals surface area contributed by atoms with Gasteiger partial charge in [0.1, 0.15) is 5.82 Å². The summed E-state index contributed by atoms with van der Waals surface area (Å²) in [6.45, 7) is 2.55. The van der Waals surface area contributed by atoms with Crippen LogP contribution in [-0.2, 0) is 11.2 Å². The van der Waals surface area contributed by atoms with Gasteiger partial charge in [0, 0.05) is 31.7 Å². The molecule has 1 heterocycles. The van der Waals surface area contributed by atoms with Gasteiger partial charge in [-0.05, 0) is 6.07 Å². The van der Waals surface area contributed by atoms with Crippen LogP contribution in [0.15, 0.2) is 6.07 Å². The van der Waals surface area contributed by atoms with Gasteiger partial charge >= 0.3 is 0 Å². The lowest BCUT2D eigenvalue weighted by molar-refractivity contribution is -0.119. The van der Waals surface area contributed by atoms with E-state index >= 15 is 0 Å². The Balaban J connectivity index is 2.25. The summed E-state index contributed by atoms with van der Waals surface area (Å²) in [5, 5.41) is 8.83. The highest BCUT2D eigenvalue weighted by molar-refractivity contribution is 6.31. The second kappa shape index (κ2) is 6.81. The van der Waals surface area contributed by atoms with Crippen molar-refractivity contribution in [3.8, 4) is 6.07 Å². The lowest BCUT2D eigenvalue weighted by Gasteiger charge is -2.37. The van der Waals surface area contributed by atoms with E-state index in [0.29, 0.717) is 37.6 Å². The van der Waals surface area contributed by atoms with Crippen LogP contribution in [0.5, 0.6) is 0 Å². The number of hydrogen-bond acceptors (Lipinski definition) is 5. The van der Waals surface area contributed by atoms with Crippen LogP contribution in [0.3, 0.4) is 0 Å². The smallest absolute Gasteiger partial charge is 0.231 e. The molecule has 1 amide bonds. The van der Waals surface area contributed by atoms with Crippen molar-refractivity contribution in [1.82, 2.24) is 4.90 Å². The zero-order valence-electron chi connectivity index (χ0n) is 12.0. The summed E-state index contributed by atoms with van der Waals surface area (Å²) in [7, 11) is 0. The highest BCUT2D eigenvalue weighted by Crippen LogP contribution is 2.35. The van der Waals surface area contributed by atoms with Gasteiger partial charge in [-0.2, -0.15) is 5.26 Å². The normalized spacial score (nSPS) is 15.6.